The molecule has 0 saturated carbocycles. The predicted molar refractivity (Wildman–Crippen MR) is 77.7 cm³/mol. The number of rotatable bonds is 4. The summed E-state index contributed by atoms with van der Waals surface area (Å²) in [6.45, 7) is 2.95. The Hall–Kier alpha value is -2.24. The van der Waals surface area contributed by atoms with Gasteiger partial charge in [0.1, 0.15) is 6.61 Å². The zero-order chi connectivity index (χ0) is 15.9. The van der Waals surface area contributed by atoms with Crippen molar-refractivity contribution in [1.82, 2.24) is 4.72 Å². The van der Waals surface area contributed by atoms with Gasteiger partial charge in [0, 0.05) is 5.56 Å². The predicted octanol–water partition coefficient (Wildman–Crippen LogP) is 0.822. The van der Waals surface area contributed by atoms with Gasteiger partial charge in [-0.25, -0.2) is 9.52 Å². The summed E-state index contributed by atoms with van der Waals surface area (Å²) in [6.07, 6.45) is -1.48. The maximum absolute atomic E-state index is 11.7. The molecule has 0 heterocycles. The van der Waals surface area contributed by atoms with E-state index in [1.165, 1.54) is 12.1 Å². The van der Waals surface area contributed by atoms with E-state index >= 15 is 0 Å². The first-order valence-corrected chi connectivity index (χ1v) is 7.51. The molecular weight excluding hydrogens is 296 g/mol. The van der Waals surface area contributed by atoms with E-state index in [1.54, 1.807) is 30.7 Å². The van der Waals surface area contributed by atoms with E-state index in [0.29, 0.717) is 5.56 Å². The highest BCUT2D eigenvalue weighted by Gasteiger charge is 2.16. The summed E-state index contributed by atoms with van der Waals surface area (Å²) in [5.41, 5.74) is 0.883. The van der Waals surface area contributed by atoms with Gasteiger partial charge in [-0.05, 0) is 38.1 Å². The van der Waals surface area contributed by atoms with Crippen LogP contribution < -0.4 is 9.44 Å². The van der Waals surface area contributed by atoms with Crippen LogP contribution >= 0.6 is 0 Å². The van der Waals surface area contributed by atoms with Crippen molar-refractivity contribution in [1.29, 1.82) is 0 Å². The molecule has 7 nitrogen and oxygen atoms in total. The van der Waals surface area contributed by atoms with E-state index in [1.807, 2.05) is 0 Å². The number of aliphatic hydroxyl groups excluding tert-OH is 1. The summed E-state index contributed by atoms with van der Waals surface area (Å²) < 4.78 is 31.9. The first-order valence-electron chi connectivity index (χ1n) is 6.03. The monoisotopic (exact) mass is 312 g/mol. The second kappa shape index (κ2) is 7.52. The number of hydrogen-bond donors (Lipinski definition) is 3. The molecule has 1 aromatic carbocycles. The minimum Gasteiger partial charge on any atom is -0.446 e. The number of carbonyl (C=O) groups is 1. The van der Waals surface area contributed by atoms with Crippen LogP contribution in [0.2, 0.25) is 0 Å². The van der Waals surface area contributed by atoms with Crippen LogP contribution in [0.25, 0.3) is 0 Å². The molecule has 0 aliphatic rings. The molecule has 114 valence electrons. The van der Waals surface area contributed by atoms with Gasteiger partial charge >= 0.3 is 16.3 Å². The van der Waals surface area contributed by atoms with Crippen LogP contribution in [0.4, 0.5) is 10.5 Å². The van der Waals surface area contributed by atoms with Crippen molar-refractivity contribution in [3.63, 3.8) is 0 Å². The third-order valence-electron chi connectivity index (χ3n) is 2.01. The maximum Gasteiger partial charge on any atom is 0.422 e. The molecule has 0 aliphatic carbocycles. The molecular formula is C13H16N2O5S. The molecule has 0 aliphatic heterocycles. The highest BCUT2D eigenvalue weighted by Crippen LogP contribution is 2.10. The first-order chi connectivity index (χ1) is 9.82. The Balaban J connectivity index is 2.69. The zero-order valence-corrected chi connectivity index (χ0v) is 12.4. The second-order valence-electron chi connectivity index (χ2n) is 4.20. The smallest absolute Gasteiger partial charge is 0.422 e. The lowest BCUT2D eigenvalue weighted by molar-refractivity contribution is 0.121. The fourth-order valence-electron chi connectivity index (χ4n) is 1.29. The van der Waals surface area contributed by atoms with Crippen molar-refractivity contribution < 1.29 is 23.1 Å². The van der Waals surface area contributed by atoms with Gasteiger partial charge in [-0.15, -0.1) is 0 Å². The number of carbonyl (C=O) groups excluding carboxylic acids is 1. The fraction of sp³-hybridized carbons (Fsp3) is 0.308. The SMILES string of the molecule is CC(C)OC(=O)NS(=O)(=O)Nc1ccc(C#CCO)cc1. The normalized spacial score (nSPS) is 10.5. The lowest BCUT2D eigenvalue weighted by Gasteiger charge is -2.11. The first kappa shape index (κ1) is 16.8. The van der Waals surface area contributed by atoms with E-state index < -0.39 is 22.4 Å². The summed E-state index contributed by atoms with van der Waals surface area (Å²) >= 11 is 0. The summed E-state index contributed by atoms with van der Waals surface area (Å²) in [7, 11) is -4.06. The van der Waals surface area contributed by atoms with E-state index in [-0.39, 0.29) is 12.3 Å². The van der Waals surface area contributed by atoms with Crippen molar-refractivity contribution in [2.24, 2.45) is 0 Å². The van der Waals surface area contributed by atoms with Crippen molar-refractivity contribution in [3.8, 4) is 11.8 Å². The Morgan fingerprint density at radius 3 is 2.48 bits per heavy atom. The number of amides is 1. The lowest BCUT2D eigenvalue weighted by atomic mass is 10.2. The van der Waals surface area contributed by atoms with Crippen LogP contribution in [-0.2, 0) is 14.9 Å². The third kappa shape index (κ3) is 6.65. The molecule has 1 aromatic rings. The second-order valence-corrected chi connectivity index (χ2v) is 5.61. The summed E-state index contributed by atoms with van der Waals surface area (Å²) in [5, 5.41) is 8.56. The van der Waals surface area contributed by atoms with Crippen molar-refractivity contribution in [2.75, 3.05) is 11.3 Å². The average Bonchev–Trinajstić information content (AvgIpc) is 2.35. The lowest BCUT2D eigenvalue weighted by Crippen LogP contribution is -2.36. The Morgan fingerprint density at radius 2 is 1.95 bits per heavy atom. The molecule has 3 N–H and O–H groups in total. The third-order valence-corrected chi connectivity index (χ3v) is 2.95. The van der Waals surface area contributed by atoms with Crippen molar-refractivity contribution in [2.45, 2.75) is 20.0 Å². The highest BCUT2D eigenvalue weighted by molar-refractivity contribution is 7.91. The van der Waals surface area contributed by atoms with E-state index in [9.17, 15) is 13.2 Å². The number of hydrogen-bond acceptors (Lipinski definition) is 5. The number of nitrogens with one attached hydrogen (secondary N) is 2. The van der Waals surface area contributed by atoms with E-state index in [2.05, 4.69) is 21.3 Å². The van der Waals surface area contributed by atoms with Crippen LogP contribution in [0.3, 0.4) is 0 Å². The molecule has 8 heteroatoms. The van der Waals surface area contributed by atoms with Gasteiger partial charge in [0.25, 0.3) is 0 Å². The molecule has 1 amide bonds. The molecule has 0 unspecified atom stereocenters. The molecule has 0 fully saturated rings. The summed E-state index contributed by atoms with van der Waals surface area (Å²) in [6, 6.07) is 6.11. The van der Waals surface area contributed by atoms with Crippen molar-refractivity contribution in [3.05, 3.63) is 29.8 Å². The van der Waals surface area contributed by atoms with Crippen LogP contribution in [0.15, 0.2) is 24.3 Å². The Labute approximate surface area is 123 Å². The number of anilines is 1. The number of aliphatic hydroxyl groups is 1. The van der Waals surface area contributed by atoms with Gasteiger partial charge in [0.05, 0.1) is 11.8 Å². The van der Waals surface area contributed by atoms with Gasteiger partial charge in [0.15, 0.2) is 0 Å². The van der Waals surface area contributed by atoms with Crippen LogP contribution in [0, 0.1) is 11.8 Å². The summed E-state index contributed by atoms with van der Waals surface area (Å²) in [4.78, 5) is 11.2. The average molecular weight is 312 g/mol. The van der Waals surface area contributed by atoms with Crippen LogP contribution in [0.1, 0.15) is 19.4 Å². The van der Waals surface area contributed by atoms with Crippen LogP contribution in [0.5, 0.6) is 0 Å². The molecule has 0 bridgehead atoms. The van der Waals surface area contributed by atoms with E-state index in [4.69, 9.17) is 5.11 Å². The van der Waals surface area contributed by atoms with Crippen LogP contribution in [-0.4, -0.2) is 32.3 Å². The molecule has 21 heavy (non-hydrogen) atoms. The zero-order valence-electron chi connectivity index (χ0n) is 11.6. The van der Waals surface area contributed by atoms with Gasteiger partial charge in [-0.1, -0.05) is 11.8 Å². The highest BCUT2D eigenvalue weighted by atomic mass is 32.2. The molecule has 1 rings (SSSR count). The Kier molecular flexibility index (Phi) is 6.02. The van der Waals surface area contributed by atoms with Gasteiger partial charge in [-0.3, -0.25) is 4.72 Å². The minimum atomic E-state index is -4.06. The fourth-order valence-corrected chi connectivity index (χ4v) is 2.06. The molecule has 0 aromatic heterocycles. The molecule has 0 atom stereocenters. The van der Waals surface area contributed by atoms with E-state index in [0.717, 1.165) is 0 Å². The topological polar surface area (TPSA) is 105 Å². The molecule has 0 spiro atoms. The molecule has 0 saturated heterocycles. The maximum atomic E-state index is 11.7. The van der Waals surface area contributed by atoms with Gasteiger partial charge < -0.3 is 9.84 Å². The summed E-state index contributed by atoms with van der Waals surface area (Å²) in [5.74, 6) is 5.14. The van der Waals surface area contributed by atoms with Crippen molar-refractivity contribution >= 4 is 22.0 Å². The standard InChI is InChI=1S/C13H16N2O5S/c1-10(2)20-13(17)15-21(18,19)14-12-7-5-11(6-8-12)4-3-9-16/h5-8,10,14,16H,9H2,1-2H3,(H,15,17). The number of ether oxygens (including phenoxy) is 1. The minimum absolute atomic E-state index is 0.254. The van der Waals surface area contributed by atoms with Gasteiger partial charge in [0.2, 0.25) is 0 Å². The molecule has 0 radical (unpaired) electrons. The number of benzene rings is 1. The quantitative estimate of drug-likeness (QED) is 0.714. The Morgan fingerprint density at radius 1 is 1.33 bits per heavy atom. The largest absolute Gasteiger partial charge is 0.446 e. The van der Waals surface area contributed by atoms with Gasteiger partial charge in [-0.2, -0.15) is 8.42 Å². The Bertz CT molecular complexity index is 641.